The van der Waals surface area contributed by atoms with Crippen LogP contribution in [0.25, 0.3) is 0 Å². The Morgan fingerprint density at radius 2 is 2.11 bits per heavy atom. The average Bonchev–Trinajstić information content (AvgIpc) is 2.92. The molecule has 1 aromatic heterocycles. The average molecular weight is 245 g/mol. The fourth-order valence-corrected chi connectivity index (χ4v) is 1.87. The molecule has 0 amide bonds. The Balaban J connectivity index is 1.59. The zero-order valence-electron chi connectivity index (χ0n) is 10.2. The number of ether oxygens (including phenoxy) is 1. The van der Waals surface area contributed by atoms with Crippen molar-refractivity contribution >= 4 is 5.69 Å². The van der Waals surface area contributed by atoms with Crippen molar-refractivity contribution in [1.82, 2.24) is 10.1 Å². The van der Waals surface area contributed by atoms with Crippen LogP contribution in [-0.2, 0) is 6.61 Å². The minimum absolute atomic E-state index is 0.290. The van der Waals surface area contributed by atoms with Crippen molar-refractivity contribution in [2.75, 3.05) is 5.73 Å². The van der Waals surface area contributed by atoms with Crippen LogP contribution >= 0.6 is 0 Å². The van der Waals surface area contributed by atoms with Crippen molar-refractivity contribution in [1.29, 1.82) is 0 Å². The van der Waals surface area contributed by atoms with Gasteiger partial charge in [-0.1, -0.05) is 12.1 Å². The van der Waals surface area contributed by atoms with E-state index in [9.17, 15) is 0 Å². The quantitative estimate of drug-likeness (QED) is 0.837. The third kappa shape index (κ3) is 2.30. The zero-order chi connectivity index (χ0) is 12.5. The summed E-state index contributed by atoms with van der Waals surface area (Å²) >= 11 is 0. The largest absolute Gasteiger partial charge is 0.484 e. The highest BCUT2D eigenvalue weighted by molar-refractivity contribution is 5.41. The zero-order valence-corrected chi connectivity index (χ0v) is 10.2. The number of nitrogen functional groups attached to an aromatic ring is 1. The van der Waals surface area contributed by atoms with Crippen LogP contribution in [0.4, 0.5) is 5.69 Å². The lowest BCUT2D eigenvalue weighted by atomic mass is 10.3. The van der Waals surface area contributed by atoms with Gasteiger partial charge in [0, 0.05) is 11.6 Å². The third-order valence-corrected chi connectivity index (χ3v) is 3.17. The first-order valence-electron chi connectivity index (χ1n) is 6.03. The Bertz CT molecular complexity index is 535. The summed E-state index contributed by atoms with van der Waals surface area (Å²) < 4.78 is 10.7. The van der Waals surface area contributed by atoms with E-state index in [1.54, 1.807) is 12.1 Å². The molecule has 0 saturated heterocycles. The van der Waals surface area contributed by atoms with Crippen LogP contribution in [-0.4, -0.2) is 10.1 Å². The van der Waals surface area contributed by atoms with Gasteiger partial charge in [0.15, 0.2) is 12.4 Å². The van der Waals surface area contributed by atoms with E-state index >= 15 is 0 Å². The molecule has 1 saturated carbocycles. The number of benzene rings is 1. The van der Waals surface area contributed by atoms with Crippen molar-refractivity contribution in [3.63, 3.8) is 0 Å². The smallest absolute Gasteiger partial charge is 0.264 e. The molecule has 2 N–H and O–H groups in total. The number of hydrogen-bond acceptors (Lipinski definition) is 5. The molecular weight excluding hydrogens is 230 g/mol. The van der Waals surface area contributed by atoms with Gasteiger partial charge in [-0.05, 0) is 36.6 Å². The number of nitrogens with zero attached hydrogens (tertiary/aromatic N) is 2. The van der Waals surface area contributed by atoms with Crippen molar-refractivity contribution in [3.8, 4) is 5.75 Å². The number of hydrogen-bond donors (Lipinski definition) is 1. The summed E-state index contributed by atoms with van der Waals surface area (Å²) in [4.78, 5) is 4.33. The highest BCUT2D eigenvalue weighted by Gasteiger charge is 2.38. The first kappa shape index (κ1) is 11.1. The van der Waals surface area contributed by atoms with Gasteiger partial charge in [0.2, 0.25) is 0 Å². The van der Waals surface area contributed by atoms with E-state index in [0.29, 0.717) is 23.4 Å². The first-order chi connectivity index (χ1) is 8.72. The second kappa shape index (κ2) is 4.33. The molecule has 1 heterocycles. The van der Waals surface area contributed by atoms with Crippen LogP contribution in [0.3, 0.4) is 0 Å². The van der Waals surface area contributed by atoms with Gasteiger partial charge >= 0.3 is 0 Å². The van der Waals surface area contributed by atoms with Gasteiger partial charge in [-0.3, -0.25) is 0 Å². The first-order valence-corrected chi connectivity index (χ1v) is 6.03. The lowest BCUT2D eigenvalue weighted by molar-refractivity contribution is 0.242. The van der Waals surface area contributed by atoms with Crippen molar-refractivity contribution < 1.29 is 9.26 Å². The highest BCUT2D eigenvalue weighted by atomic mass is 16.5. The second-order valence-electron chi connectivity index (χ2n) is 4.72. The lowest BCUT2D eigenvalue weighted by Crippen LogP contribution is -1.96. The van der Waals surface area contributed by atoms with Gasteiger partial charge in [0.05, 0.1) is 0 Å². The van der Waals surface area contributed by atoms with Crippen LogP contribution in [0.5, 0.6) is 5.75 Å². The summed E-state index contributed by atoms with van der Waals surface area (Å²) in [6, 6.07) is 7.21. The molecule has 1 aliphatic rings. The van der Waals surface area contributed by atoms with E-state index in [4.69, 9.17) is 15.0 Å². The molecule has 3 rings (SSSR count). The summed E-state index contributed by atoms with van der Waals surface area (Å²) in [6.45, 7) is 2.48. The molecule has 2 aromatic rings. The van der Waals surface area contributed by atoms with E-state index in [-0.39, 0.29) is 6.61 Å². The summed E-state index contributed by atoms with van der Waals surface area (Å²) in [6.07, 6.45) is 1.15. The van der Waals surface area contributed by atoms with Crippen molar-refractivity contribution in [2.24, 2.45) is 5.92 Å². The minimum Gasteiger partial charge on any atom is -0.484 e. The van der Waals surface area contributed by atoms with Crippen LogP contribution in [0, 0.1) is 5.92 Å². The van der Waals surface area contributed by atoms with Gasteiger partial charge < -0.3 is 15.0 Å². The number of rotatable bonds is 4. The molecule has 1 fully saturated rings. The molecule has 1 aliphatic carbocycles. The Kier molecular flexibility index (Phi) is 2.66. The fraction of sp³-hybridized carbons (Fsp3) is 0.385. The Hall–Kier alpha value is -2.04. The van der Waals surface area contributed by atoms with Crippen LogP contribution in [0.2, 0.25) is 0 Å². The topological polar surface area (TPSA) is 74.2 Å². The molecule has 0 bridgehead atoms. The normalized spacial score (nSPS) is 21.8. The van der Waals surface area contributed by atoms with Gasteiger partial charge in [-0.2, -0.15) is 4.98 Å². The van der Waals surface area contributed by atoms with Gasteiger partial charge in [-0.15, -0.1) is 0 Å². The molecule has 2 atom stereocenters. The molecule has 0 spiro atoms. The molecule has 0 aliphatic heterocycles. The molecular formula is C13H15N3O2. The van der Waals surface area contributed by atoms with E-state index in [1.165, 1.54) is 0 Å². The van der Waals surface area contributed by atoms with Gasteiger partial charge in [-0.25, -0.2) is 0 Å². The Morgan fingerprint density at radius 1 is 1.39 bits per heavy atom. The number of anilines is 1. The predicted octanol–water partition coefficient (Wildman–Crippen LogP) is 2.35. The monoisotopic (exact) mass is 245 g/mol. The fourth-order valence-electron chi connectivity index (χ4n) is 1.87. The minimum atomic E-state index is 0.290. The van der Waals surface area contributed by atoms with Gasteiger partial charge in [0.1, 0.15) is 5.75 Å². The standard InChI is InChI=1S/C13H15N3O2/c1-8-6-11(8)13-15-12(18-16-13)7-17-10-4-2-9(14)3-5-10/h2-5,8,11H,6-7,14H2,1H3. The lowest BCUT2D eigenvalue weighted by Gasteiger charge is -2.02. The van der Waals surface area contributed by atoms with Crippen molar-refractivity contribution in [3.05, 3.63) is 36.0 Å². The van der Waals surface area contributed by atoms with Crippen molar-refractivity contribution in [2.45, 2.75) is 25.9 Å². The van der Waals surface area contributed by atoms with E-state index in [0.717, 1.165) is 18.0 Å². The predicted molar refractivity (Wildman–Crippen MR) is 66.0 cm³/mol. The highest BCUT2D eigenvalue weighted by Crippen LogP contribution is 2.45. The van der Waals surface area contributed by atoms with Crippen LogP contribution in [0.15, 0.2) is 28.8 Å². The van der Waals surface area contributed by atoms with Crippen LogP contribution in [0.1, 0.15) is 31.0 Å². The molecule has 2 unspecified atom stereocenters. The van der Waals surface area contributed by atoms with E-state index < -0.39 is 0 Å². The molecule has 0 radical (unpaired) electrons. The maximum absolute atomic E-state index is 5.59. The summed E-state index contributed by atoms with van der Waals surface area (Å²) in [5.74, 6) is 3.20. The summed E-state index contributed by atoms with van der Waals surface area (Å²) in [7, 11) is 0. The maximum Gasteiger partial charge on any atom is 0.264 e. The molecule has 1 aromatic carbocycles. The van der Waals surface area contributed by atoms with Gasteiger partial charge in [0.25, 0.3) is 5.89 Å². The molecule has 18 heavy (non-hydrogen) atoms. The second-order valence-corrected chi connectivity index (χ2v) is 4.72. The Morgan fingerprint density at radius 3 is 2.78 bits per heavy atom. The summed E-state index contributed by atoms with van der Waals surface area (Å²) in [5, 5.41) is 3.97. The molecule has 94 valence electrons. The number of nitrogens with two attached hydrogens (primary N) is 1. The molecule has 5 nitrogen and oxygen atoms in total. The Labute approximate surface area is 105 Å². The summed E-state index contributed by atoms with van der Waals surface area (Å²) in [5.41, 5.74) is 6.31. The maximum atomic E-state index is 5.59. The molecule has 5 heteroatoms. The third-order valence-electron chi connectivity index (χ3n) is 3.17. The number of aromatic nitrogens is 2. The van der Waals surface area contributed by atoms with E-state index in [1.807, 2.05) is 12.1 Å². The van der Waals surface area contributed by atoms with Crippen LogP contribution < -0.4 is 10.5 Å². The SMILES string of the molecule is CC1CC1c1noc(COc2ccc(N)cc2)n1. The van der Waals surface area contributed by atoms with E-state index in [2.05, 4.69) is 17.1 Å².